The Kier molecular flexibility index (Phi) is 9.97. The van der Waals surface area contributed by atoms with Crippen LogP contribution in [0, 0.1) is 22.7 Å². The van der Waals surface area contributed by atoms with Crippen LogP contribution in [0.2, 0.25) is 0 Å². The molecule has 0 rings (SSSR count). The molecule has 0 heterocycles. The van der Waals surface area contributed by atoms with Crippen molar-refractivity contribution in [2.24, 2.45) is 0 Å². The van der Waals surface area contributed by atoms with E-state index in [0.29, 0.717) is 0 Å². The van der Waals surface area contributed by atoms with Gasteiger partial charge in [0.15, 0.2) is 0 Å². The average molecular weight is 338 g/mol. The third-order valence-corrected chi connectivity index (χ3v) is 2.80. The highest BCUT2D eigenvalue weighted by Crippen LogP contribution is 2.10. The Morgan fingerprint density at radius 2 is 1.50 bits per heavy atom. The predicted molar refractivity (Wildman–Crippen MR) is 86.9 cm³/mol. The van der Waals surface area contributed by atoms with Gasteiger partial charge in [-0.05, 0) is 27.2 Å². The molecule has 8 heteroatoms. The Morgan fingerprint density at radius 1 is 1.00 bits per heavy atom. The highest BCUT2D eigenvalue weighted by Gasteiger charge is 2.23. The maximum absolute atomic E-state index is 12.1. The summed E-state index contributed by atoms with van der Waals surface area (Å²) >= 11 is 0. The van der Waals surface area contributed by atoms with Crippen LogP contribution >= 0.6 is 0 Å². The summed E-state index contributed by atoms with van der Waals surface area (Å²) in [4.78, 5) is 26.4. The number of carbonyl (C=O) groups is 2. The first kappa shape index (κ1) is 21.5. The number of ether oxygens (including phenoxy) is 2. The predicted octanol–water partition coefficient (Wildman–Crippen LogP) is 2.51. The molecule has 0 radical (unpaired) electrons. The lowest BCUT2D eigenvalue weighted by Crippen LogP contribution is -2.43. The number of amides is 2. The monoisotopic (exact) mass is 338 g/mol. The third kappa shape index (κ3) is 9.52. The standard InChI is InChI=1S/C16H26N4O4/c1-5-6-13-23-14(21)19(9-7-17)11-12-20(10-8-18)15(22)24-16(2,3)4/h5-6,9-13H2,1-4H3. The van der Waals surface area contributed by atoms with Crippen LogP contribution in [0.5, 0.6) is 0 Å². The number of unbranched alkanes of at least 4 members (excludes halogenated alkanes) is 1. The molecule has 0 fully saturated rings. The van der Waals surface area contributed by atoms with Gasteiger partial charge < -0.3 is 9.47 Å². The summed E-state index contributed by atoms with van der Waals surface area (Å²) in [6.45, 7) is 7.27. The van der Waals surface area contributed by atoms with E-state index in [1.165, 1.54) is 9.80 Å². The minimum atomic E-state index is -0.684. The van der Waals surface area contributed by atoms with Gasteiger partial charge in [0, 0.05) is 13.1 Å². The SMILES string of the molecule is CCCCOC(=O)N(CC#N)CCN(CC#N)C(=O)OC(C)(C)C. The third-order valence-electron chi connectivity index (χ3n) is 2.80. The van der Waals surface area contributed by atoms with Gasteiger partial charge >= 0.3 is 12.2 Å². The van der Waals surface area contributed by atoms with E-state index in [2.05, 4.69) is 0 Å². The minimum absolute atomic E-state index is 0.0764. The maximum atomic E-state index is 12.1. The van der Waals surface area contributed by atoms with Crippen molar-refractivity contribution in [1.82, 2.24) is 9.80 Å². The summed E-state index contributed by atoms with van der Waals surface area (Å²) < 4.78 is 10.3. The molecule has 0 aromatic rings. The second-order valence-electron chi connectivity index (χ2n) is 6.11. The molecule has 0 saturated heterocycles. The molecule has 0 aliphatic heterocycles. The van der Waals surface area contributed by atoms with Crippen molar-refractivity contribution in [1.29, 1.82) is 10.5 Å². The Labute approximate surface area is 143 Å². The normalized spacial score (nSPS) is 10.2. The number of carbonyl (C=O) groups excluding carboxylic acids is 2. The Morgan fingerprint density at radius 3 is 1.92 bits per heavy atom. The average Bonchev–Trinajstić information content (AvgIpc) is 2.48. The molecule has 0 saturated carbocycles. The highest BCUT2D eigenvalue weighted by molar-refractivity contribution is 5.69. The second kappa shape index (κ2) is 11.1. The first-order valence-electron chi connectivity index (χ1n) is 7.88. The Bertz CT molecular complexity index is 488. The van der Waals surface area contributed by atoms with Crippen LogP contribution in [0.15, 0.2) is 0 Å². The lowest BCUT2D eigenvalue weighted by molar-refractivity contribution is 0.0254. The van der Waals surface area contributed by atoms with E-state index < -0.39 is 17.8 Å². The number of hydrogen-bond donors (Lipinski definition) is 0. The molecule has 0 spiro atoms. The van der Waals surface area contributed by atoms with E-state index in [-0.39, 0.29) is 32.8 Å². The molecule has 8 nitrogen and oxygen atoms in total. The minimum Gasteiger partial charge on any atom is -0.449 e. The molecule has 134 valence electrons. The van der Waals surface area contributed by atoms with Gasteiger partial charge in [-0.3, -0.25) is 9.80 Å². The largest absolute Gasteiger partial charge is 0.449 e. The molecule has 0 aliphatic rings. The zero-order valence-electron chi connectivity index (χ0n) is 14.9. The molecule has 0 unspecified atom stereocenters. The van der Waals surface area contributed by atoms with Crippen molar-refractivity contribution in [3.8, 4) is 12.1 Å². The van der Waals surface area contributed by atoms with Crippen LogP contribution in [0.4, 0.5) is 9.59 Å². The Balaban J connectivity index is 4.70. The maximum Gasteiger partial charge on any atom is 0.411 e. The fourth-order valence-corrected chi connectivity index (χ4v) is 1.60. The highest BCUT2D eigenvalue weighted by atomic mass is 16.6. The molecular formula is C16H26N4O4. The molecule has 24 heavy (non-hydrogen) atoms. The van der Waals surface area contributed by atoms with Crippen molar-refractivity contribution >= 4 is 12.2 Å². The zero-order valence-corrected chi connectivity index (χ0v) is 14.9. The van der Waals surface area contributed by atoms with Gasteiger partial charge in [-0.2, -0.15) is 10.5 Å². The van der Waals surface area contributed by atoms with Gasteiger partial charge in [0.1, 0.15) is 18.7 Å². The van der Waals surface area contributed by atoms with E-state index in [1.807, 2.05) is 19.1 Å². The lowest BCUT2D eigenvalue weighted by Gasteiger charge is -2.27. The van der Waals surface area contributed by atoms with Crippen LogP contribution in [-0.4, -0.2) is 60.4 Å². The molecule has 0 atom stereocenters. The van der Waals surface area contributed by atoms with Gasteiger partial charge in [0.2, 0.25) is 0 Å². The molecule has 2 amide bonds. The van der Waals surface area contributed by atoms with Gasteiger partial charge in [-0.1, -0.05) is 13.3 Å². The summed E-state index contributed by atoms with van der Waals surface area (Å²) in [6, 6.07) is 3.77. The van der Waals surface area contributed by atoms with Gasteiger partial charge in [0.05, 0.1) is 18.7 Å². The summed E-state index contributed by atoms with van der Waals surface area (Å²) in [6.07, 6.45) is 0.386. The fourth-order valence-electron chi connectivity index (χ4n) is 1.60. The summed E-state index contributed by atoms with van der Waals surface area (Å²) in [5.74, 6) is 0. The number of hydrogen-bond acceptors (Lipinski definition) is 6. The van der Waals surface area contributed by atoms with E-state index >= 15 is 0 Å². The van der Waals surface area contributed by atoms with Gasteiger partial charge in [-0.25, -0.2) is 9.59 Å². The summed E-state index contributed by atoms with van der Waals surface area (Å²) in [7, 11) is 0. The molecule has 0 aliphatic carbocycles. The van der Waals surface area contributed by atoms with Crippen molar-refractivity contribution in [3.63, 3.8) is 0 Å². The van der Waals surface area contributed by atoms with Crippen molar-refractivity contribution < 1.29 is 19.1 Å². The van der Waals surface area contributed by atoms with Gasteiger partial charge in [0.25, 0.3) is 0 Å². The summed E-state index contributed by atoms with van der Waals surface area (Å²) in [5.41, 5.74) is -0.684. The van der Waals surface area contributed by atoms with Crippen molar-refractivity contribution in [3.05, 3.63) is 0 Å². The van der Waals surface area contributed by atoms with Crippen LogP contribution < -0.4 is 0 Å². The molecule has 0 bridgehead atoms. The van der Waals surface area contributed by atoms with E-state index in [1.54, 1.807) is 20.8 Å². The van der Waals surface area contributed by atoms with Crippen LogP contribution in [0.25, 0.3) is 0 Å². The molecule has 0 aromatic carbocycles. The lowest BCUT2D eigenvalue weighted by atomic mass is 10.2. The topological polar surface area (TPSA) is 107 Å². The Hall–Kier alpha value is -2.48. The van der Waals surface area contributed by atoms with E-state index in [0.717, 1.165) is 12.8 Å². The molecule has 0 N–H and O–H groups in total. The van der Waals surface area contributed by atoms with E-state index in [9.17, 15) is 9.59 Å². The fraction of sp³-hybridized carbons (Fsp3) is 0.750. The smallest absolute Gasteiger partial charge is 0.411 e. The first-order valence-corrected chi connectivity index (χ1v) is 7.88. The van der Waals surface area contributed by atoms with Crippen LogP contribution in [0.1, 0.15) is 40.5 Å². The molecule has 0 aromatic heterocycles. The number of rotatable bonds is 8. The number of nitriles is 2. The summed E-state index contributed by atoms with van der Waals surface area (Å²) in [5, 5.41) is 17.7. The second-order valence-corrected chi connectivity index (χ2v) is 6.11. The van der Waals surface area contributed by atoms with Crippen LogP contribution in [-0.2, 0) is 9.47 Å². The zero-order chi connectivity index (χ0) is 18.6. The quantitative estimate of drug-likeness (QED) is 0.497. The van der Waals surface area contributed by atoms with Crippen LogP contribution in [0.3, 0.4) is 0 Å². The van der Waals surface area contributed by atoms with Crippen molar-refractivity contribution in [2.45, 2.75) is 46.1 Å². The van der Waals surface area contributed by atoms with E-state index in [4.69, 9.17) is 20.0 Å². The van der Waals surface area contributed by atoms with Gasteiger partial charge in [-0.15, -0.1) is 0 Å². The first-order chi connectivity index (χ1) is 11.2. The van der Waals surface area contributed by atoms with Crippen molar-refractivity contribution in [2.75, 3.05) is 32.8 Å². The number of nitrogens with zero attached hydrogens (tertiary/aromatic N) is 4. The molecular weight excluding hydrogens is 312 g/mol.